The van der Waals surface area contributed by atoms with E-state index in [0.717, 1.165) is 13.0 Å². The zero-order chi connectivity index (χ0) is 7.78. The normalized spacial score (nSPS) is 27.6. The topological polar surface area (TPSA) is 55.1 Å². The lowest BCUT2D eigenvalue weighted by molar-refractivity contribution is -0.119. The Morgan fingerprint density at radius 1 is 1.64 bits per heavy atom. The fourth-order valence-electron chi connectivity index (χ4n) is 1.30. The molecule has 0 aromatic rings. The molecule has 1 fully saturated rings. The number of hydrogen-bond donors (Lipinski definition) is 2. The average molecular weight is 179 g/mol. The largest absolute Gasteiger partial charge is 0.368 e. The van der Waals surface area contributed by atoms with Crippen LogP contribution in [0.5, 0.6) is 0 Å². The van der Waals surface area contributed by atoms with Crippen LogP contribution >= 0.6 is 12.4 Å². The molecule has 1 amide bonds. The molecule has 4 heteroatoms. The molecule has 1 heterocycles. The summed E-state index contributed by atoms with van der Waals surface area (Å²) in [7, 11) is 0. The summed E-state index contributed by atoms with van der Waals surface area (Å²) < 4.78 is 0. The van der Waals surface area contributed by atoms with E-state index < -0.39 is 0 Å². The lowest BCUT2D eigenvalue weighted by atomic mass is 9.90. The maximum absolute atomic E-state index is 10.6. The van der Waals surface area contributed by atoms with Crippen LogP contribution in [0.3, 0.4) is 0 Å². The molecule has 0 spiro atoms. The number of primary amides is 1. The lowest BCUT2D eigenvalue weighted by Crippen LogP contribution is -2.36. The third kappa shape index (κ3) is 2.67. The number of rotatable bonds is 1. The summed E-state index contributed by atoms with van der Waals surface area (Å²) in [4.78, 5) is 10.6. The van der Waals surface area contributed by atoms with Crippen molar-refractivity contribution in [1.82, 2.24) is 5.32 Å². The molecule has 66 valence electrons. The predicted molar refractivity (Wildman–Crippen MR) is 46.6 cm³/mol. The van der Waals surface area contributed by atoms with Gasteiger partial charge in [-0.25, -0.2) is 0 Å². The zero-order valence-corrected chi connectivity index (χ0v) is 7.70. The van der Waals surface area contributed by atoms with Crippen molar-refractivity contribution in [3.05, 3.63) is 0 Å². The number of amides is 1. The van der Waals surface area contributed by atoms with Gasteiger partial charge in [-0.1, -0.05) is 13.8 Å². The minimum atomic E-state index is -0.231. The van der Waals surface area contributed by atoms with Gasteiger partial charge in [0.15, 0.2) is 0 Å². The minimum Gasteiger partial charge on any atom is -0.368 e. The summed E-state index contributed by atoms with van der Waals surface area (Å²) in [6.07, 6.45) is 0.863. The van der Waals surface area contributed by atoms with E-state index in [2.05, 4.69) is 19.2 Å². The molecular weight excluding hydrogens is 164 g/mol. The van der Waals surface area contributed by atoms with Crippen LogP contribution in [-0.4, -0.2) is 18.5 Å². The molecule has 0 unspecified atom stereocenters. The first-order valence-electron chi connectivity index (χ1n) is 3.54. The first-order valence-corrected chi connectivity index (χ1v) is 3.54. The van der Waals surface area contributed by atoms with Gasteiger partial charge in [-0.2, -0.15) is 0 Å². The maximum atomic E-state index is 10.6. The standard InChI is InChI=1S/C7H14N2O.ClH/c1-7(2)3-5(6(8)10)9-4-7;/h5,9H,3-4H2,1-2H3,(H2,8,10);1H/t5-;/m0./s1. The second kappa shape index (κ2) is 3.41. The van der Waals surface area contributed by atoms with Crippen molar-refractivity contribution in [2.24, 2.45) is 11.1 Å². The van der Waals surface area contributed by atoms with E-state index in [1.165, 1.54) is 0 Å². The van der Waals surface area contributed by atoms with E-state index >= 15 is 0 Å². The lowest BCUT2D eigenvalue weighted by Gasteiger charge is -2.13. The number of halogens is 1. The molecule has 11 heavy (non-hydrogen) atoms. The van der Waals surface area contributed by atoms with Gasteiger partial charge in [-0.15, -0.1) is 12.4 Å². The fourth-order valence-corrected chi connectivity index (χ4v) is 1.30. The summed E-state index contributed by atoms with van der Waals surface area (Å²) >= 11 is 0. The number of nitrogens with one attached hydrogen (secondary N) is 1. The molecule has 1 aliphatic rings. The Labute approximate surface area is 73.1 Å². The molecule has 0 aliphatic carbocycles. The van der Waals surface area contributed by atoms with E-state index in [4.69, 9.17) is 5.73 Å². The highest BCUT2D eigenvalue weighted by Gasteiger charge is 2.33. The van der Waals surface area contributed by atoms with Crippen LogP contribution in [0.25, 0.3) is 0 Å². The van der Waals surface area contributed by atoms with Gasteiger partial charge in [0.1, 0.15) is 0 Å². The first-order chi connectivity index (χ1) is 4.51. The number of nitrogens with two attached hydrogens (primary N) is 1. The van der Waals surface area contributed by atoms with Crippen LogP contribution in [-0.2, 0) is 4.79 Å². The van der Waals surface area contributed by atoms with Crippen LogP contribution in [0.15, 0.2) is 0 Å². The molecule has 1 rings (SSSR count). The van der Waals surface area contributed by atoms with Crippen LogP contribution < -0.4 is 11.1 Å². The fraction of sp³-hybridized carbons (Fsp3) is 0.857. The van der Waals surface area contributed by atoms with Crippen molar-refractivity contribution in [2.45, 2.75) is 26.3 Å². The molecule has 0 aromatic heterocycles. The molecule has 0 bridgehead atoms. The van der Waals surface area contributed by atoms with Crippen molar-refractivity contribution < 1.29 is 4.79 Å². The average Bonchev–Trinajstić information content (AvgIpc) is 2.10. The minimum absolute atomic E-state index is 0. The number of carbonyl (C=O) groups excluding carboxylic acids is 1. The first kappa shape index (κ1) is 10.7. The van der Waals surface area contributed by atoms with Crippen LogP contribution in [0.2, 0.25) is 0 Å². The van der Waals surface area contributed by atoms with Gasteiger partial charge < -0.3 is 11.1 Å². The quantitative estimate of drug-likeness (QED) is 0.606. The van der Waals surface area contributed by atoms with Crippen molar-refractivity contribution in [3.8, 4) is 0 Å². The van der Waals surface area contributed by atoms with Crippen LogP contribution in [0, 0.1) is 5.41 Å². The smallest absolute Gasteiger partial charge is 0.234 e. The van der Waals surface area contributed by atoms with Crippen molar-refractivity contribution >= 4 is 18.3 Å². The number of carbonyl (C=O) groups is 1. The SMILES string of the molecule is CC1(C)CN[C@H](C(N)=O)C1.Cl. The van der Waals surface area contributed by atoms with Gasteiger partial charge in [0.05, 0.1) is 6.04 Å². The van der Waals surface area contributed by atoms with E-state index in [1.54, 1.807) is 0 Å². The van der Waals surface area contributed by atoms with Gasteiger partial charge >= 0.3 is 0 Å². The Morgan fingerprint density at radius 2 is 2.18 bits per heavy atom. The highest BCUT2D eigenvalue weighted by Crippen LogP contribution is 2.26. The van der Waals surface area contributed by atoms with Crippen molar-refractivity contribution in [1.29, 1.82) is 0 Å². The molecule has 3 nitrogen and oxygen atoms in total. The second-order valence-corrected chi connectivity index (χ2v) is 3.70. The predicted octanol–water partition coefficient (Wildman–Crippen LogP) is 0.282. The van der Waals surface area contributed by atoms with Gasteiger partial charge in [0, 0.05) is 6.54 Å². The molecule has 0 saturated carbocycles. The van der Waals surface area contributed by atoms with Crippen LogP contribution in [0.1, 0.15) is 20.3 Å². The monoisotopic (exact) mass is 178 g/mol. The molecular formula is C7H15ClN2O. The number of hydrogen-bond acceptors (Lipinski definition) is 2. The summed E-state index contributed by atoms with van der Waals surface area (Å²) in [6.45, 7) is 5.15. The molecule has 3 N–H and O–H groups in total. The van der Waals surface area contributed by atoms with Crippen molar-refractivity contribution in [3.63, 3.8) is 0 Å². The summed E-state index contributed by atoms with van der Waals surface area (Å²) in [5, 5.41) is 3.07. The van der Waals surface area contributed by atoms with E-state index in [-0.39, 0.29) is 29.8 Å². The van der Waals surface area contributed by atoms with E-state index in [1.807, 2.05) is 0 Å². The maximum Gasteiger partial charge on any atom is 0.234 e. The Kier molecular flexibility index (Phi) is 3.32. The molecule has 1 saturated heterocycles. The summed E-state index contributed by atoms with van der Waals surface area (Å²) in [5.41, 5.74) is 5.35. The summed E-state index contributed by atoms with van der Waals surface area (Å²) in [6, 6.07) is -0.102. The highest BCUT2D eigenvalue weighted by molar-refractivity contribution is 5.85. The third-order valence-electron chi connectivity index (χ3n) is 1.93. The Morgan fingerprint density at radius 3 is 2.36 bits per heavy atom. The van der Waals surface area contributed by atoms with Crippen molar-refractivity contribution in [2.75, 3.05) is 6.54 Å². The molecule has 0 radical (unpaired) electrons. The molecule has 0 aromatic carbocycles. The van der Waals surface area contributed by atoms with Crippen LogP contribution in [0.4, 0.5) is 0 Å². The zero-order valence-electron chi connectivity index (χ0n) is 6.89. The highest BCUT2D eigenvalue weighted by atomic mass is 35.5. The molecule has 1 aliphatic heterocycles. The Bertz CT molecular complexity index is 159. The van der Waals surface area contributed by atoms with Gasteiger partial charge in [-0.3, -0.25) is 4.79 Å². The third-order valence-corrected chi connectivity index (χ3v) is 1.93. The second-order valence-electron chi connectivity index (χ2n) is 3.70. The van der Waals surface area contributed by atoms with E-state index in [9.17, 15) is 4.79 Å². The van der Waals surface area contributed by atoms with Gasteiger partial charge in [0.2, 0.25) is 5.91 Å². The Balaban J connectivity index is 0.000001000. The van der Waals surface area contributed by atoms with Gasteiger partial charge in [0.25, 0.3) is 0 Å². The summed E-state index contributed by atoms with van der Waals surface area (Å²) in [5.74, 6) is -0.231. The van der Waals surface area contributed by atoms with Gasteiger partial charge in [-0.05, 0) is 11.8 Å². The Hall–Kier alpha value is -0.280. The molecule has 1 atom stereocenters. The van der Waals surface area contributed by atoms with E-state index in [0.29, 0.717) is 0 Å².